The summed E-state index contributed by atoms with van der Waals surface area (Å²) in [6, 6.07) is 0.174. The number of aliphatic carboxylic acids is 1. The van der Waals surface area contributed by atoms with Gasteiger partial charge in [0.05, 0.1) is 0 Å². The van der Waals surface area contributed by atoms with E-state index in [4.69, 9.17) is 0 Å². The van der Waals surface area contributed by atoms with Crippen molar-refractivity contribution in [2.24, 2.45) is 11.3 Å². The van der Waals surface area contributed by atoms with Crippen molar-refractivity contribution in [2.75, 3.05) is 6.54 Å². The van der Waals surface area contributed by atoms with E-state index < -0.39 is 11.4 Å². The van der Waals surface area contributed by atoms with Crippen molar-refractivity contribution in [3.05, 3.63) is 0 Å². The molecule has 2 aliphatic rings. The third-order valence-corrected chi connectivity index (χ3v) is 4.66. The molecule has 4 nitrogen and oxygen atoms in total. The van der Waals surface area contributed by atoms with Crippen molar-refractivity contribution in [3.63, 3.8) is 0 Å². The van der Waals surface area contributed by atoms with Gasteiger partial charge in [0.2, 0.25) is 5.91 Å². The summed E-state index contributed by atoms with van der Waals surface area (Å²) in [5.74, 6) is -0.604. The van der Waals surface area contributed by atoms with Gasteiger partial charge in [-0.3, -0.25) is 9.59 Å². The maximum atomic E-state index is 12.4. The van der Waals surface area contributed by atoms with Crippen molar-refractivity contribution >= 4 is 11.9 Å². The second-order valence-electron chi connectivity index (χ2n) is 5.60. The van der Waals surface area contributed by atoms with Gasteiger partial charge in [-0.05, 0) is 38.5 Å². The van der Waals surface area contributed by atoms with Crippen LogP contribution in [0.1, 0.15) is 46.0 Å². The maximum absolute atomic E-state index is 12.4. The van der Waals surface area contributed by atoms with E-state index in [9.17, 15) is 14.7 Å². The summed E-state index contributed by atoms with van der Waals surface area (Å²) in [5, 5.41) is 9.29. The molecule has 0 spiro atoms. The zero-order chi connectivity index (χ0) is 12.6. The number of nitrogens with zero attached hydrogens (tertiary/aromatic N) is 1. The summed E-state index contributed by atoms with van der Waals surface area (Å²) < 4.78 is 0. The van der Waals surface area contributed by atoms with Gasteiger partial charge in [0, 0.05) is 12.6 Å². The number of carboxylic acid groups (broad SMARTS) is 1. The Morgan fingerprint density at radius 1 is 1.24 bits per heavy atom. The van der Waals surface area contributed by atoms with Gasteiger partial charge in [-0.2, -0.15) is 0 Å². The average molecular weight is 239 g/mol. The number of carboxylic acids is 1. The van der Waals surface area contributed by atoms with Gasteiger partial charge in [-0.15, -0.1) is 0 Å². The minimum atomic E-state index is -1.09. The molecule has 1 N–H and O–H groups in total. The number of hydrogen-bond acceptors (Lipinski definition) is 2. The van der Waals surface area contributed by atoms with Gasteiger partial charge in [-0.25, -0.2) is 0 Å². The molecule has 0 aromatic rings. The summed E-state index contributed by atoms with van der Waals surface area (Å²) in [7, 11) is 0. The van der Waals surface area contributed by atoms with E-state index in [1.807, 2.05) is 6.92 Å². The van der Waals surface area contributed by atoms with Crippen LogP contribution in [0.15, 0.2) is 0 Å². The van der Waals surface area contributed by atoms with E-state index in [-0.39, 0.29) is 11.9 Å². The Labute approximate surface area is 102 Å². The minimum Gasteiger partial charge on any atom is -0.480 e. The third-order valence-electron chi connectivity index (χ3n) is 4.66. The van der Waals surface area contributed by atoms with Crippen LogP contribution in [0.5, 0.6) is 0 Å². The predicted molar refractivity (Wildman–Crippen MR) is 63.5 cm³/mol. The van der Waals surface area contributed by atoms with Crippen LogP contribution in [0.3, 0.4) is 0 Å². The van der Waals surface area contributed by atoms with Crippen LogP contribution in [-0.2, 0) is 9.59 Å². The van der Waals surface area contributed by atoms with Gasteiger partial charge in [0.25, 0.3) is 0 Å². The summed E-state index contributed by atoms with van der Waals surface area (Å²) in [5.41, 5.74) is -1.09. The van der Waals surface area contributed by atoms with Gasteiger partial charge < -0.3 is 10.0 Å². The third kappa shape index (κ3) is 1.83. The minimum absolute atomic E-state index is 0.143. The SMILES string of the molecule is CC1CCCN(C(=O)C2(C(=O)O)CCC2)C1C. The highest BCUT2D eigenvalue weighted by atomic mass is 16.4. The molecular formula is C13H21NO3. The first-order chi connectivity index (χ1) is 7.99. The van der Waals surface area contributed by atoms with E-state index in [2.05, 4.69) is 6.92 Å². The Balaban J connectivity index is 2.16. The van der Waals surface area contributed by atoms with E-state index in [0.717, 1.165) is 25.8 Å². The molecule has 2 atom stereocenters. The lowest BCUT2D eigenvalue weighted by atomic mass is 9.67. The molecule has 2 rings (SSSR count). The molecule has 0 aromatic carbocycles. The highest BCUT2D eigenvalue weighted by Crippen LogP contribution is 2.44. The van der Waals surface area contributed by atoms with Crippen molar-refractivity contribution in [3.8, 4) is 0 Å². The quantitative estimate of drug-likeness (QED) is 0.749. The van der Waals surface area contributed by atoms with Crippen LogP contribution in [-0.4, -0.2) is 34.5 Å². The lowest BCUT2D eigenvalue weighted by Crippen LogP contribution is -2.57. The highest BCUT2D eigenvalue weighted by molar-refractivity contribution is 6.03. The Morgan fingerprint density at radius 2 is 1.88 bits per heavy atom. The second-order valence-corrected chi connectivity index (χ2v) is 5.60. The lowest BCUT2D eigenvalue weighted by molar-refractivity contribution is -0.170. The number of hydrogen-bond donors (Lipinski definition) is 1. The molecule has 1 heterocycles. The van der Waals surface area contributed by atoms with Crippen LogP contribution in [0, 0.1) is 11.3 Å². The second kappa shape index (κ2) is 4.31. The molecule has 4 heteroatoms. The van der Waals surface area contributed by atoms with Crippen molar-refractivity contribution in [1.29, 1.82) is 0 Å². The maximum Gasteiger partial charge on any atom is 0.319 e. The number of likely N-dealkylation sites (tertiary alicyclic amines) is 1. The summed E-state index contributed by atoms with van der Waals surface area (Å²) in [6.07, 6.45) is 4.01. The molecule has 1 aliphatic heterocycles. The number of carbonyl (C=O) groups excluding carboxylic acids is 1. The monoisotopic (exact) mass is 239 g/mol. The Kier molecular flexibility index (Phi) is 3.15. The van der Waals surface area contributed by atoms with Crippen LogP contribution >= 0.6 is 0 Å². The molecule has 2 unspecified atom stereocenters. The molecule has 1 saturated heterocycles. The van der Waals surface area contributed by atoms with Crippen molar-refractivity contribution < 1.29 is 14.7 Å². The number of piperidine rings is 1. The summed E-state index contributed by atoms with van der Waals surface area (Å²) in [6.45, 7) is 4.90. The van der Waals surface area contributed by atoms with Crippen LogP contribution in [0.4, 0.5) is 0 Å². The normalized spacial score (nSPS) is 31.8. The molecular weight excluding hydrogens is 218 g/mol. The first-order valence-corrected chi connectivity index (χ1v) is 6.53. The van der Waals surface area contributed by atoms with E-state index in [1.165, 1.54) is 0 Å². The first kappa shape index (κ1) is 12.4. The number of rotatable bonds is 2. The molecule has 0 aromatic heterocycles. The van der Waals surface area contributed by atoms with Gasteiger partial charge >= 0.3 is 5.97 Å². The molecule has 1 amide bonds. The topological polar surface area (TPSA) is 57.6 Å². The fourth-order valence-electron chi connectivity index (χ4n) is 2.95. The standard InChI is InChI=1S/C13H21NO3/c1-9-5-3-8-14(10(9)2)11(15)13(12(16)17)6-4-7-13/h9-10H,3-8H2,1-2H3,(H,16,17). The highest BCUT2D eigenvalue weighted by Gasteiger charge is 2.53. The van der Waals surface area contributed by atoms with Gasteiger partial charge in [-0.1, -0.05) is 13.3 Å². The molecule has 2 fully saturated rings. The summed E-state index contributed by atoms with van der Waals surface area (Å²) in [4.78, 5) is 25.6. The predicted octanol–water partition coefficient (Wildman–Crippen LogP) is 1.89. The molecule has 1 saturated carbocycles. The summed E-state index contributed by atoms with van der Waals surface area (Å²) >= 11 is 0. The van der Waals surface area contributed by atoms with Crippen LogP contribution in [0.25, 0.3) is 0 Å². The largest absolute Gasteiger partial charge is 0.480 e. The zero-order valence-corrected chi connectivity index (χ0v) is 10.6. The number of carbonyl (C=O) groups is 2. The van der Waals surface area contributed by atoms with Crippen molar-refractivity contribution in [2.45, 2.75) is 52.0 Å². The zero-order valence-electron chi connectivity index (χ0n) is 10.6. The van der Waals surface area contributed by atoms with Crippen LogP contribution in [0.2, 0.25) is 0 Å². The molecule has 0 radical (unpaired) electrons. The molecule has 96 valence electrons. The average Bonchev–Trinajstić information content (AvgIpc) is 2.19. The van der Waals surface area contributed by atoms with Crippen molar-refractivity contribution in [1.82, 2.24) is 4.90 Å². The van der Waals surface area contributed by atoms with Gasteiger partial charge in [0.15, 0.2) is 0 Å². The fraction of sp³-hybridized carbons (Fsp3) is 0.846. The molecule has 1 aliphatic carbocycles. The lowest BCUT2D eigenvalue weighted by Gasteiger charge is -2.45. The van der Waals surface area contributed by atoms with E-state index in [1.54, 1.807) is 4.90 Å². The smallest absolute Gasteiger partial charge is 0.319 e. The van der Waals surface area contributed by atoms with E-state index >= 15 is 0 Å². The Hall–Kier alpha value is -1.06. The van der Waals surface area contributed by atoms with E-state index in [0.29, 0.717) is 18.8 Å². The molecule has 17 heavy (non-hydrogen) atoms. The van der Waals surface area contributed by atoms with Crippen LogP contribution < -0.4 is 0 Å². The fourth-order valence-corrected chi connectivity index (χ4v) is 2.95. The number of amides is 1. The van der Waals surface area contributed by atoms with Gasteiger partial charge in [0.1, 0.15) is 5.41 Å². The Morgan fingerprint density at radius 3 is 2.35 bits per heavy atom. The first-order valence-electron chi connectivity index (χ1n) is 6.53. The Bertz CT molecular complexity index is 336. The molecule has 0 bridgehead atoms.